The average molecular weight is 540 g/mol. The summed E-state index contributed by atoms with van der Waals surface area (Å²) >= 11 is 0. The predicted octanol–water partition coefficient (Wildman–Crippen LogP) is 6.91. The van der Waals surface area contributed by atoms with Crippen LogP contribution in [0.2, 0.25) is 0 Å². The molecule has 0 aliphatic heterocycles. The summed E-state index contributed by atoms with van der Waals surface area (Å²) in [5, 5.41) is 0. The zero-order chi connectivity index (χ0) is 27.2. The third-order valence-electron chi connectivity index (χ3n) is 3.52. The Bertz CT molecular complexity index is 832. The summed E-state index contributed by atoms with van der Waals surface area (Å²) in [7, 11) is 0. The first kappa shape index (κ1) is 29.9. The van der Waals surface area contributed by atoms with Crippen molar-refractivity contribution < 1.29 is 84.5 Å². The smallest absolute Gasteiger partial charge is 0.429 e. The van der Waals surface area contributed by atoms with Crippen molar-refractivity contribution in [1.29, 1.82) is 0 Å². The van der Waals surface area contributed by atoms with E-state index in [-0.39, 0.29) is 0 Å². The van der Waals surface area contributed by atoms with Gasteiger partial charge in [-0.3, -0.25) is 9.47 Å². The molecular weight excluding hydrogens is 532 g/mol. The number of rotatable bonds is 9. The van der Waals surface area contributed by atoms with Crippen LogP contribution in [-0.2, 0) is 9.47 Å². The van der Waals surface area contributed by atoms with Gasteiger partial charge in [0.2, 0.25) is 0 Å². The van der Waals surface area contributed by atoms with E-state index in [2.05, 4.69) is 9.47 Å². The molecule has 0 fully saturated rings. The quantitative estimate of drug-likeness (QED) is 0.319. The topological polar surface area (TPSA) is 27.7 Å². The normalized spacial score (nSPS) is 17.3. The van der Waals surface area contributed by atoms with Crippen molar-refractivity contribution >= 4 is 0 Å². The van der Waals surface area contributed by atoms with Gasteiger partial charge in [0, 0.05) is 0 Å². The Morgan fingerprint density at radius 1 is 0.647 bits per heavy atom. The van der Waals surface area contributed by atoms with Crippen LogP contribution in [0.1, 0.15) is 5.56 Å². The summed E-state index contributed by atoms with van der Waals surface area (Å²) in [5.41, 5.74) is 0.372. The summed E-state index contributed by atoms with van der Waals surface area (Å²) < 4.78 is 215. The maximum absolute atomic E-state index is 13.9. The first-order chi connectivity index (χ1) is 14.8. The second-order valence-corrected chi connectivity index (χ2v) is 6.21. The van der Waals surface area contributed by atoms with Gasteiger partial charge in [-0.05, 0) is 19.1 Å². The molecule has 3 nitrogen and oxygen atoms in total. The van der Waals surface area contributed by atoms with Gasteiger partial charge in [0.05, 0.1) is 0 Å². The minimum absolute atomic E-state index is 0.372. The Kier molecular flexibility index (Phi) is 7.72. The van der Waals surface area contributed by atoms with E-state index in [0.717, 1.165) is 12.1 Å². The molecular formula is C15H8F16O3. The van der Waals surface area contributed by atoms with Gasteiger partial charge in [-0.25, -0.2) is 4.39 Å². The largest absolute Gasteiger partial charge is 0.462 e. The minimum atomic E-state index is -7.74. The van der Waals surface area contributed by atoms with Crippen LogP contribution < -0.4 is 4.74 Å². The van der Waals surface area contributed by atoms with E-state index in [9.17, 15) is 70.2 Å². The Hall–Kier alpha value is -2.18. The number of aryl methyl sites for hydroxylation is 1. The van der Waals surface area contributed by atoms with Crippen LogP contribution in [0.5, 0.6) is 5.75 Å². The SMILES string of the molecule is Cc1ccc(OC(F)(F)C(F)OC(F)(F)C(F)(OC(F)(F)C(F)(F)C(F)(F)F)C(F)(F)F)cc1. The first-order valence-corrected chi connectivity index (χ1v) is 7.92. The van der Waals surface area contributed by atoms with E-state index in [1.165, 1.54) is 11.7 Å². The number of hydrogen-bond acceptors (Lipinski definition) is 3. The van der Waals surface area contributed by atoms with Crippen LogP contribution in [-0.4, -0.2) is 48.8 Å². The minimum Gasteiger partial charge on any atom is -0.429 e. The number of halogens is 16. The molecule has 0 heterocycles. The fourth-order valence-corrected chi connectivity index (χ4v) is 1.77. The maximum atomic E-state index is 13.9. The van der Waals surface area contributed by atoms with Crippen LogP contribution in [0.3, 0.4) is 0 Å². The van der Waals surface area contributed by atoms with Gasteiger partial charge in [0.1, 0.15) is 5.75 Å². The molecule has 2 atom stereocenters. The van der Waals surface area contributed by atoms with Gasteiger partial charge in [-0.15, -0.1) is 0 Å². The maximum Gasteiger partial charge on any atom is 0.462 e. The lowest BCUT2D eigenvalue weighted by Gasteiger charge is -2.38. The standard InChI is InChI=1S/C15H8F16O3/c1-6-2-4-7(5-3-6)32-9(17,18)8(16)33-15(30,31)11(21,13(25,26)27)34-14(28,29)10(19,20)12(22,23)24/h2-5,8H,1H3. The fraction of sp³-hybridized carbons (Fsp3) is 0.600. The molecule has 0 N–H and O–H groups in total. The van der Waals surface area contributed by atoms with E-state index in [4.69, 9.17) is 0 Å². The van der Waals surface area contributed by atoms with Crippen molar-refractivity contribution in [1.82, 2.24) is 0 Å². The number of ether oxygens (including phenoxy) is 3. The van der Waals surface area contributed by atoms with Crippen LogP contribution in [0.15, 0.2) is 24.3 Å². The summed E-state index contributed by atoms with van der Waals surface area (Å²) in [5.74, 6) is -16.5. The molecule has 0 bridgehead atoms. The van der Waals surface area contributed by atoms with E-state index in [1.54, 1.807) is 0 Å². The lowest BCUT2D eigenvalue weighted by atomic mass is 10.2. The lowest BCUT2D eigenvalue weighted by Crippen LogP contribution is -2.66. The molecule has 0 saturated heterocycles. The van der Waals surface area contributed by atoms with Gasteiger partial charge in [-0.1, -0.05) is 17.7 Å². The first-order valence-electron chi connectivity index (χ1n) is 7.92. The molecule has 0 saturated carbocycles. The molecule has 0 aliphatic carbocycles. The van der Waals surface area contributed by atoms with Crippen molar-refractivity contribution in [2.45, 2.75) is 55.7 Å². The lowest BCUT2D eigenvalue weighted by molar-refractivity contribution is -0.543. The monoisotopic (exact) mass is 540 g/mol. The number of hydrogen-bond donors (Lipinski definition) is 0. The Balaban J connectivity index is 3.32. The molecule has 0 amide bonds. The second kappa shape index (κ2) is 8.80. The molecule has 0 spiro atoms. The highest BCUT2D eigenvalue weighted by Crippen LogP contribution is 2.55. The van der Waals surface area contributed by atoms with Crippen LogP contribution in [0.25, 0.3) is 0 Å². The van der Waals surface area contributed by atoms with Crippen LogP contribution in [0.4, 0.5) is 70.2 Å². The molecule has 0 radical (unpaired) electrons. The highest BCUT2D eigenvalue weighted by molar-refractivity contribution is 5.26. The predicted molar refractivity (Wildman–Crippen MR) is 74.6 cm³/mol. The van der Waals surface area contributed by atoms with Gasteiger partial charge in [0.25, 0.3) is 0 Å². The van der Waals surface area contributed by atoms with Crippen molar-refractivity contribution in [2.75, 3.05) is 0 Å². The second-order valence-electron chi connectivity index (χ2n) is 6.21. The molecule has 0 aliphatic rings. The Morgan fingerprint density at radius 2 is 1.09 bits per heavy atom. The molecule has 1 rings (SSSR count). The molecule has 34 heavy (non-hydrogen) atoms. The van der Waals surface area contributed by atoms with Crippen LogP contribution >= 0.6 is 0 Å². The number of benzene rings is 1. The van der Waals surface area contributed by atoms with Crippen molar-refractivity contribution in [2.24, 2.45) is 0 Å². The molecule has 1 aromatic rings. The zero-order valence-electron chi connectivity index (χ0n) is 15.7. The molecule has 2 unspecified atom stereocenters. The fourth-order valence-electron chi connectivity index (χ4n) is 1.77. The summed E-state index contributed by atoms with van der Waals surface area (Å²) in [4.78, 5) is 0. The Labute approximate surface area is 177 Å². The van der Waals surface area contributed by atoms with E-state index in [0.29, 0.717) is 17.7 Å². The highest BCUT2D eigenvalue weighted by atomic mass is 19.4. The van der Waals surface area contributed by atoms with E-state index < -0.39 is 54.6 Å². The van der Waals surface area contributed by atoms with Gasteiger partial charge in [0.15, 0.2) is 0 Å². The Morgan fingerprint density at radius 3 is 1.47 bits per heavy atom. The van der Waals surface area contributed by atoms with Gasteiger partial charge < -0.3 is 4.74 Å². The number of alkyl halides is 16. The third-order valence-corrected chi connectivity index (χ3v) is 3.52. The molecule has 19 heteroatoms. The summed E-state index contributed by atoms with van der Waals surface area (Å²) in [6.07, 6.45) is -41.2. The molecule has 0 aromatic heterocycles. The molecule has 1 aromatic carbocycles. The van der Waals surface area contributed by atoms with Crippen molar-refractivity contribution in [3.63, 3.8) is 0 Å². The molecule has 198 valence electrons. The van der Waals surface area contributed by atoms with Crippen molar-refractivity contribution in [3.05, 3.63) is 29.8 Å². The zero-order valence-corrected chi connectivity index (χ0v) is 15.7. The van der Waals surface area contributed by atoms with E-state index >= 15 is 0 Å². The summed E-state index contributed by atoms with van der Waals surface area (Å²) in [6.45, 7) is 1.39. The van der Waals surface area contributed by atoms with E-state index in [1.807, 2.05) is 0 Å². The van der Waals surface area contributed by atoms with Gasteiger partial charge in [-0.2, -0.15) is 65.9 Å². The van der Waals surface area contributed by atoms with Crippen LogP contribution in [0, 0.1) is 6.92 Å². The average Bonchev–Trinajstić information content (AvgIpc) is 2.60. The van der Waals surface area contributed by atoms with Crippen molar-refractivity contribution in [3.8, 4) is 5.75 Å². The highest BCUT2D eigenvalue weighted by Gasteiger charge is 2.84. The van der Waals surface area contributed by atoms with Gasteiger partial charge >= 0.3 is 48.8 Å². The third kappa shape index (κ3) is 5.72. The summed E-state index contributed by atoms with van der Waals surface area (Å²) in [6, 6.07) is 3.32.